The third kappa shape index (κ3) is 5.72. The molecule has 1 atom stereocenters. The van der Waals surface area contributed by atoms with Crippen LogP contribution >= 0.6 is 23.4 Å². The van der Waals surface area contributed by atoms with Gasteiger partial charge >= 0.3 is 0 Å². The lowest BCUT2D eigenvalue weighted by Gasteiger charge is -2.26. The van der Waals surface area contributed by atoms with Gasteiger partial charge in [-0.05, 0) is 55.3 Å². The number of benzene rings is 2. The van der Waals surface area contributed by atoms with E-state index >= 15 is 0 Å². The second kappa shape index (κ2) is 10.8. The Kier molecular flexibility index (Phi) is 7.61. The number of ether oxygens (including phenoxy) is 3. The zero-order valence-electron chi connectivity index (χ0n) is 18.3. The van der Waals surface area contributed by atoms with Crippen LogP contribution in [0.4, 0.5) is 0 Å². The molecule has 1 aromatic heterocycles. The zero-order valence-corrected chi connectivity index (χ0v) is 19.9. The summed E-state index contributed by atoms with van der Waals surface area (Å²) in [6.45, 7) is 0.821. The van der Waals surface area contributed by atoms with Crippen molar-refractivity contribution in [2.45, 2.75) is 30.7 Å². The average molecular weight is 490 g/mol. The van der Waals surface area contributed by atoms with E-state index in [1.54, 1.807) is 38.5 Å². The molecular weight excluding hydrogens is 466 g/mol. The Morgan fingerprint density at radius 2 is 1.94 bits per heavy atom. The molecule has 0 N–H and O–H groups in total. The lowest BCUT2D eigenvalue weighted by Crippen LogP contribution is -2.32. The summed E-state index contributed by atoms with van der Waals surface area (Å²) >= 11 is 7.08. The summed E-state index contributed by atoms with van der Waals surface area (Å²) in [6.07, 6.45) is 1.79. The first-order valence-corrected chi connectivity index (χ1v) is 11.8. The van der Waals surface area contributed by atoms with Crippen LogP contribution in [0.3, 0.4) is 0 Å². The number of carbonyl (C=O) groups excluding carboxylic acids is 1. The van der Waals surface area contributed by atoms with Gasteiger partial charge in [0.1, 0.15) is 17.2 Å². The Morgan fingerprint density at radius 1 is 1.15 bits per heavy atom. The van der Waals surface area contributed by atoms with Crippen LogP contribution in [0.2, 0.25) is 5.02 Å². The van der Waals surface area contributed by atoms with E-state index in [1.807, 2.05) is 23.1 Å². The van der Waals surface area contributed by atoms with Gasteiger partial charge in [0.2, 0.25) is 5.91 Å². The zero-order chi connectivity index (χ0) is 23.2. The monoisotopic (exact) mass is 489 g/mol. The van der Waals surface area contributed by atoms with Crippen LogP contribution in [-0.4, -0.2) is 47.5 Å². The van der Waals surface area contributed by atoms with Crippen molar-refractivity contribution in [3.8, 4) is 17.2 Å². The highest BCUT2D eigenvalue weighted by molar-refractivity contribution is 7.99. The summed E-state index contributed by atoms with van der Waals surface area (Å²) < 4.78 is 22.1. The van der Waals surface area contributed by atoms with Crippen molar-refractivity contribution in [2.75, 3.05) is 26.5 Å². The van der Waals surface area contributed by atoms with E-state index in [9.17, 15) is 4.79 Å². The highest BCUT2D eigenvalue weighted by Crippen LogP contribution is 2.39. The van der Waals surface area contributed by atoms with E-state index < -0.39 is 0 Å². The van der Waals surface area contributed by atoms with Crippen LogP contribution in [0.5, 0.6) is 17.2 Å². The number of thioether (sulfide) groups is 1. The van der Waals surface area contributed by atoms with Gasteiger partial charge in [0.15, 0.2) is 6.61 Å². The summed E-state index contributed by atoms with van der Waals surface area (Å²) in [6, 6.07) is 12.6. The Balaban J connectivity index is 1.34. The number of nitrogens with zero attached hydrogens (tertiary/aromatic N) is 3. The number of rotatable bonds is 9. The summed E-state index contributed by atoms with van der Waals surface area (Å²) in [5.41, 5.74) is 0.951. The Labute approximate surface area is 201 Å². The number of aromatic nitrogens is 2. The van der Waals surface area contributed by atoms with Crippen LogP contribution in [0.25, 0.3) is 0 Å². The second-order valence-corrected chi connectivity index (χ2v) is 8.71. The molecule has 8 nitrogen and oxygen atoms in total. The number of halogens is 1. The Hall–Kier alpha value is -2.91. The minimum Gasteiger partial charge on any atom is -0.497 e. The Morgan fingerprint density at radius 3 is 2.70 bits per heavy atom. The number of methoxy groups -OCH3 is 2. The topological polar surface area (TPSA) is 86.9 Å². The molecule has 1 aliphatic rings. The third-order valence-electron chi connectivity index (χ3n) is 5.31. The number of amides is 1. The van der Waals surface area contributed by atoms with Crippen LogP contribution in [0, 0.1) is 0 Å². The molecule has 10 heteroatoms. The SMILES string of the molecule is COc1ccc(OC)c(C2CCCN2C(=O)CSc2nnc(COc3ccc(Cl)cc3)o2)c1. The maximum atomic E-state index is 13.0. The maximum Gasteiger partial charge on any atom is 0.277 e. The molecule has 0 bridgehead atoms. The van der Waals surface area contributed by atoms with Crippen molar-refractivity contribution < 1.29 is 23.4 Å². The first-order chi connectivity index (χ1) is 16.1. The average Bonchev–Trinajstić information content (AvgIpc) is 3.51. The highest BCUT2D eigenvalue weighted by Gasteiger charge is 2.32. The van der Waals surface area contributed by atoms with Gasteiger partial charge in [0.25, 0.3) is 11.1 Å². The summed E-state index contributed by atoms with van der Waals surface area (Å²) in [7, 11) is 3.26. The molecule has 0 spiro atoms. The van der Waals surface area contributed by atoms with Crippen molar-refractivity contribution in [3.05, 3.63) is 58.9 Å². The van der Waals surface area contributed by atoms with E-state index in [2.05, 4.69) is 10.2 Å². The Bertz CT molecular complexity index is 1090. The van der Waals surface area contributed by atoms with E-state index in [4.69, 9.17) is 30.2 Å². The molecule has 0 saturated carbocycles. The van der Waals surface area contributed by atoms with E-state index in [-0.39, 0.29) is 24.3 Å². The van der Waals surface area contributed by atoms with Gasteiger partial charge in [-0.15, -0.1) is 10.2 Å². The van der Waals surface area contributed by atoms with E-state index in [1.165, 1.54) is 11.8 Å². The third-order valence-corrected chi connectivity index (χ3v) is 6.37. The molecule has 1 fully saturated rings. The fraction of sp³-hybridized carbons (Fsp3) is 0.348. The predicted molar refractivity (Wildman–Crippen MR) is 124 cm³/mol. The predicted octanol–water partition coefficient (Wildman–Crippen LogP) is 4.78. The number of likely N-dealkylation sites (tertiary alicyclic amines) is 1. The first-order valence-electron chi connectivity index (χ1n) is 10.4. The molecule has 3 aromatic rings. The molecule has 1 aliphatic heterocycles. The minimum absolute atomic E-state index is 0.00420. The molecule has 2 aromatic carbocycles. The molecule has 2 heterocycles. The maximum absolute atomic E-state index is 13.0. The van der Waals surface area contributed by atoms with Crippen LogP contribution in [0.1, 0.15) is 30.3 Å². The van der Waals surface area contributed by atoms with E-state index in [0.29, 0.717) is 28.4 Å². The smallest absolute Gasteiger partial charge is 0.277 e. The minimum atomic E-state index is -0.0610. The molecule has 1 saturated heterocycles. The van der Waals surface area contributed by atoms with Gasteiger partial charge in [0.05, 0.1) is 26.0 Å². The molecule has 33 heavy (non-hydrogen) atoms. The largest absolute Gasteiger partial charge is 0.497 e. The highest BCUT2D eigenvalue weighted by atomic mass is 35.5. The summed E-state index contributed by atoms with van der Waals surface area (Å²) in [5.74, 6) is 2.66. The summed E-state index contributed by atoms with van der Waals surface area (Å²) in [4.78, 5) is 14.9. The molecule has 1 amide bonds. The number of carbonyl (C=O) groups is 1. The lowest BCUT2D eigenvalue weighted by atomic mass is 10.0. The van der Waals surface area contributed by atoms with Gasteiger partial charge < -0.3 is 23.5 Å². The van der Waals surface area contributed by atoms with Gasteiger partial charge in [-0.3, -0.25) is 4.79 Å². The van der Waals surface area contributed by atoms with Gasteiger partial charge in [-0.1, -0.05) is 23.4 Å². The molecule has 174 valence electrons. The normalized spacial score (nSPS) is 15.5. The molecule has 1 unspecified atom stereocenters. The van der Waals surface area contributed by atoms with Crippen molar-refractivity contribution in [1.82, 2.24) is 15.1 Å². The molecule has 4 rings (SSSR count). The number of hydrogen-bond donors (Lipinski definition) is 0. The fourth-order valence-corrected chi connectivity index (χ4v) is 4.52. The molecular formula is C23H24ClN3O5S. The van der Waals surface area contributed by atoms with Crippen LogP contribution < -0.4 is 14.2 Å². The second-order valence-electron chi connectivity index (χ2n) is 7.35. The van der Waals surface area contributed by atoms with Crippen LogP contribution in [-0.2, 0) is 11.4 Å². The quantitative estimate of drug-likeness (QED) is 0.397. The van der Waals surface area contributed by atoms with Gasteiger partial charge in [-0.2, -0.15) is 0 Å². The van der Waals surface area contributed by atoms with Crippen LogP contribution in [0.15, 0.2) is 52.1 Å². The lowest BCUT2D eigenvalue weighted by molar-refractivity contribution is -0.129. The van der Waals surface area contributed by atoms with Gasteiger partial charge in [0, 0.05) is 17.1 Å². The van der Waals surface area contributed by atoms with Crippen molar-refractivity contribution in [1.29, 1.82) is 0 Å². The van der Waals surface area contributed by atoms with Crippen molar-refractivity contribution >= 4 is 29.3 Å². The van der Waals surface area contributed by atoms with Gasteiger partial charge in [-0.25, -0.2) is 0 Å². The molecule has 0 aliphatic carbocycles. The van der Waals surface area contributed by atoms with Crippen molar-refractivity contribution in [3.63, 3.8) is 0 Å². The summed E-state index contributed by atoms with van der Waals surface area (Å²) in [5, 5.41) is 8.95. The van der Waals surface area contributed by atoms with Crippen molar-refractivity contribution in [2.24, 2.45) is 0 Å². The standard InChI is InChI=1S/C23H24ClN3O5S/c1-29-17-9-10-20(30-2)18(12-17)19-4-3-11-27(19)22(28)14-33-23-26-25-21(32-23)13-31-16-7-5-15(24)6-8-16/h5-10,12,19H,3-4,11,13-14H2,1-2H3. The number of hydrogen-bond acceptors (Lipinski definition) is 8. The van der Waals surface area contributed by atoms with E-state index in [0.717, 1.165) is 29.9 Å². The fourth-order valence-electron chi connectivity index (χ4n) is 3.73. The molecule has 0 radical (unpaired) electrons. The first kappa shape index (κ1) is 23.3.